The van der Waals surface area contributed by atoms with Crippen LogP contribution in [0.1, 0.15) is 39.0 Å². The van der Waals surface area contributed by atoms with E-state index in [0.717, 1.165) is 25.7 Å². The van der Waals surface area contributed by atoms with Crippen LogP contribution in [0.25, 0.3) is 0 Å². The number of amidine groups is 1. The minimum atomic E-state index is -0.450. The number of hydrogen-bond donors (Lipinski definition) is 2. The maximum Gasteiger partial charge on any atom is 0.324 e. The zero-order chi connectivity index (χ0) is 12.5. The van der Waals surface area contributed by atoms with E-state index in [1.54, 1.807) is 4.90 Å². The van der Waals surface area contributed by atoms with Gasteiger partial charge in [-0.2, -0.15) is 0 Å². The standard InChI is InChI=1S/C13H19N3O/c1-3-9-16-12(17)15-11(14)13(16)7-4-5-10(2)6-8-13/h1,10H,4-9H2,2H3,(H2,14,15,17). The molecule has 2 N–H and O–H groups in total. The molecule has 0 bridgehead atoms. The number of carbonyl (C=O) groups is 1. The predicted molar refractivity (Wildman–Crippen MR) is 66.8 cm³/mol. The van der Waals surface area contributed by atoms with Crippen molar-refractivity contribution in [2.75, 3.05) is 6.54 Å². The molecule has 2 atom stereocenters. The van der Waals surface area contributed by atoms with E-state index in [9.17, 15) is 4.79 Å². The lowest BCUT2D eigenvalue weighted by molar-refractivity contribution is 0.173. The van der Waals surface area contributed by atoms with Crippen LogP contribution in [0.4, 0.5) is 4.79 Å². The molecule has 2 rings (SSSR count). The van der Waals surface area contributed by atoms with E-state index >= 15 is 0 Å². The van der Waals surface area contributed by atoms with Crippen LogP contribution in [0.3, 0.4) is 0 Å². The van der Waals surface area contributed by atoms with Crippen molar-refractivity contribution in [3.8, 4) is 12.3 Å². The third-order valence-corrected chi connectivity index (χ3v) is 4.05. The number of urea groups is 1. The molecule has 17 heavy (non-hydrogen) atoms. The third-order valence-electron chi connectivity index (χ3n) is 4.05. The molecule has 4 heteroatoms. The first kappa shape index (κ1) is 12.0. The lowest BCUT2D eigenvalue weighted by Gasteiger charge is -2.34. The smallest absolute Gasteiger partial charge is 0.301 e. The molecule has 2 amide bonds. The van der Waals surface area contributed by atoms with Crippen LogP contribution in [-0.4, -0.2) is 28.9 Å². The van der Waals surface area contributed by atoms with Crippen molar-refractivity contribution in [2.24, 2.45) is 5.92 Å². The van der Waals surface area contributed by atoms with Gasteiger partial charge in [-0.25, -0.2) is 4.79 Å². The van der Waals surface area contributed by atoms with Crippen LogP contribution in [-0.2, 0) is 0 Å². The minimum Gasteiger partial charge on any atom is -0.301 e. The summed E-state index contributed by atoms with van der Waals surface area (Å²) in [5.74, 6) is 3.54. The van der Waals surface area contributed by atoms with E-state index < -0.39 is 5.54 Å². The number of nitrogens with zero attached hydrogens (tertiary/aromatic N) is 1. The van der Waals surface area contributed by atoms with E-state index in [1.807, 2.05) is 0 Å². The van der Waals surface area contributed by atoms with E-state index in [4.69, 9.17) is 11.8 Å². The average molecular weight is 233 g/mol. The van der Waals surface area contributed by atoms with Crippen LogP contribution < -0.4 is 5.32 Å². The second-order valence-electron chi connectivity index (χ2n) is 5.16. The van der Waals surface area contributed by atoms with Gasteiger partial charge in [0.1, 0.15) is 11.4 Å². The molecule has 4 nitrogen and oxygen atoms in total. The normalized spacial score (nSPS) is 33.4. The summed E-state index contributed by atoms with van der Waals surface area (Å²) in [5.41, 5.74) is -0.450. The highest BCUT2D eigenvalue weighted by molar-refractivity contribution is 6.08. The summed E-state index contributed by atoms with van der Waals surface area (Å²) in [7, 11) is 0. The summed E-state index contributed by atoms with van der Waals surface area (Å²) >= 11 is 0. The van der Waals surface area contributed by atoms with Crippen LogP contribution >= 0.6 is 0 Å². The molecule has 1 spiro atoms. The molecule has 0 aromatic rings. The fourth-order valence-electron chi connectivity index (χ4n) is 2.95. The van der Waals surface area contributed by atoms with Gasteiger partial charge < -0.3 is 4.90 Å². The second-order valence-corrected chi connectivity index (χ2v) is 5.16. The van der Waals surface area contributed by atoms with Gasteiger partial charge in [0.15, 0.2) is 0 Å². The Kier molecular flexibility index (Phi) is 3.10. The Morgan fingerprint density at radius 2 is 2.35 bits per heavy atom. The summed E-state index contributed by atoms with van der Waals surface area (Å²) in [6.45, 7) is 2.53. The monoisotopic (exact) mass is 233 g/mol. The van der Waals surface area contributed by atoms with Crippen molar-refractivity contribution < 1.29 is 4.79 Å². The van der Waals surface area contributed by atoms with Crippen molar-refractivity contribution in [1.82, 2.24) is 10.2 Å². The van der Waals surface area contributed by atoms with E-state index in [1.165, 1.54) is 6.42 Å². The summed E-state index contributed by atoms with van der Waals surface area (Å²) in [6, 6.07) is -0.206. The molecule has 1 aliphatic heterocycles. The van der Waals surface area contributed by atoms with Crippen LogP contribution in [0, 0.1) is 23.7 Å². The lowest BCUT2D eigenvalue weighted by atomic mass is 9.88. The molecule has 1 aliphatic carbocycles. The van der Waals surface area contributed by atoms with Gasteiger partial charge in [0.25, 0.3) is 0 Å². The third kappa shape index (κ3) is 1.90. The van der Waals surface area contributed by atoms with Crippen LogP contribution in [0.2, 0.25) is 0 Å². The highest BCUT2D eigenvalue weighted by Gasteiger charge is 2.49. The maximum absolute atomic E-state index is 11.8. The summed E-state index contributed by atoms with van der Waals surface area (Å²) < 4.78 is 0. The van der Waals surface area contributed by atoms with Crippen molar-refractivity contribution in [1.29, 1.82) is 5.41 Å². The average Bonchev–Trinajstić information content (AvgIpc) is 2.44. The molecule has 2 fully saturated rings. The Labute approximate surface area is 102 Å². The molecule has 2 aliphatic rings. The fraction of sp³-hybridized carbons (Fsp3) is 0.692. The zero-order valence-electron chi connectivity index (χ0n) is 10.3. The fourth-order valence-corrected chi connectivity index (χ4v) is 2.95. The molecule has 1 saturated carbocycles. The van der Waals surface area contributed by atoms with Gasteiger partial charge in [0, 0.05) is 0 Å². The Morgan fingerprint density at radius 3 is 3.06 bits per heavy atom. The van der Waals surface area contributed by atoms with E-state index in [0.29, 0.717) is 18.3 Å². The topological polar surface area (TPSA) is 56.2 Å². The number of nitrogens with one attached hydrogen (secondary N) is 2. The molecule has 0 aromatic heterocycles. The van der Waals surface area contributed by atoms with Crippen molar-refractivity contribution in [2.45, 2.75) is 44.6 Å². The molecule has 1 heterocycles. The quantitative estimate of drug-likeness (QED) is 0.668. The minimum absolute atomic E-state index is 0.206. The number of hydrogen-bond acceptors (Lipinski definition) is 2. The van der Waals surface area contributed by atoms with Gasteiger partial charge in [-0.05, 0) is 25.2 Å². The second kappa shape index (κ2) is 4.40. The number of amides is 2. The van der Waals surface area contributed by atoms with Crippen LogP contribution in [0.5, 0.6) is 0 Å². The molecule has 92 valence electrons. The van der Waals surface area contributed by atoms with Gasteiger partial charge >= 0.3 is 6.03 Å². The largest absolute Gasteiger partial charge is 0.324 e. The lowest BCUT2D eigenvalue weighted by Crippen LogP contribution is -2.49. The maximum atomic E-state index is 11.8. The predicted octanol–water partition coefficient (Wildman–Crippen LogP) is 1.96. The van der Waals surface area contributed by atoms with Crippen LogP contribution in [0.15, 0.2) is 0 Å². The SMILES string of the molecule is C#CCN1C(=O)NC(=N)C12CCCC(C)CC2. The Bertz CT molecular complexity index is 385. The molecular weight excluding hydrogens is 214 g/mol. The molecular formula is C13H19N3O. The number of terminal acetylenes is 1. The summed E-state index contributed by atoms with van der Waals surface area (Å²) in [5, 5.41) is 10.7. The van der Waals surface area contributed by atoms with E-state index in [-0.39, 0.29) is 6.03 Å². The molecule has 2 unspecified atom stereocenters. The Balaban J connectivity index is 2.28. The van der Waals surface area contributed by atoms with Gasteiger partial charge in [0.05, 0.1) is 6.54 Å². The Hall–Kier alpha value is -1.50. The summed E-state index contributed by atoms with van der Waals surface area (Å²) in [6.07, 6.45) is 10.3. The van der Waals surface area contributed by atoms with Crippen molar-refractivity contribution in [3.05, 3.63) is 0 Å². The summed E-state index contributed by atoms with van der Waals surface area (Å²) in [4.78, 5) is 13.5. The first-order chi connectivity index (χ1) is 8.10. The first-order valence-electron chi connectivity index (χ1n) is 6.21. The number of rotatable bonds is 1. The van der Waals surface area contributed by atoms with Gasteiger partial charge in [-0.3, -0.25) is 10.7 Å². The zero-order valence-corrected chi connectivity index (χ0v) is 10.3. The molecule has 1 saturated heterocycles. The Morgan fingerprint density at radius 1 is 1.59 bits per heavy atom. The molecule has 0 radical (unpaired) electrons. The highest BCUT2D eigenvalue weighted by atomic mass is 16.2. The van der Waals surface area contributed by atoms with E-state index in [2.05, 4.69) is 18.2 Å². The first-order valence-corrected chi connectivity index (χ1v) is 6.21. The van der Waals surface area contributed by atoms with Gasteiger partial charge in [-0.1, -0.05) is 25.7 Å². The molecule has 0 aromatic carbocycles. The van der Waals surface area contributed by atoms with Gasteiger partial charge in [0.2, 0.25) is 0 Å². The number of carbonyl (C=O) groups excluding carboxylic acids is 1. The van der Waals surface area contributed by atoms with Gasteiger partial charge in [-0.15, -0.1) is 6.42 Å². The van der Waals surface area contributed by atoms with Crippen molar-refractivity contribution in [3.63, 3.8) is 0 Å². The van der Waals surface area contributed by atoms with Crippen molar-refractivity contribution >= 4 is 11.9 Å². The highest BCUT2D eigenvalue weighted by Crippen LogP contribution is 2.37.